The minimum Gasteiger partial charge on any atom is -0.394 e. The van der Waals surface area contributed by atoms with E-state index in [1.165, 1.54) is 0 Å². The van der Waals surface area contributed by atoms with Gasteiger partial charge in [0.1, 0.15) is 54.9 Å². The molecule has 2 aliphatic heterocycles. The van der Waals surface area contributed by atoms with Crippen LogP contribution in [0.1, 0.15) is 0 Å². The van der Waals surface area contributed by atoms with Crippen LogP contribution in [0.5, 0.6) is 0 Å². The van der Waals surface area contributed by atoms with Gasteiger partial charge >= 0.3 is 0 Å². The van der Waals surface area contributed by atoms with Gasteiger partial charge in [0.15, 0.2) is 12.6 Å². The largest absolute Gasteiger partial charge is 0.394 e. The Balaban J connectivity index is 1.75. The van der Waals surface area contributed by atoms with E-state index in [0.717, 1.165) is 0 Å². The normalized spacial score (nSPS) is 54.7. The van der Waals surface area contributed by atoms with Gasteiger partial charge in [-0.25, -0.2) is 0 Å². The summed E-state index contributed by atoms with van der Waals surface area (Å²) >= 11 is 0. The van der Waals surface area contributed by atoms with Crippen LogP contribution in [-0.2, 0) is 18.9 Å². The maximum Gasteiger partial charge on any atom is 0.187 e. The highest BCUT2D eigenvalue weighted by Gasteiger charge is 2.54. The zero-order valence-corrected chi connectivity index (χ0v) is 17.1. The molecular formula is C17H34N4O11. The third-order valence-corrected chi connectivity index (χ3v) is 6.28. The van der Waals surface area contributed by atoms with Crippen LogP contribution in [0.4, 0.5) is 0 Å². The molecule has 1 saturated carbocycles. The van der Waals surface area contributed by atoms with Gasteiger partial charge in [-0.15, -0.1) is 0 Å². The summed E-state index contributed by atoms with van der Waals surface area (Å²) in [4.78, 5) is 0. The fourth-order valence-corrected chi connectivity index (χ4v) is 4.19. The third kappa shape index (κ3) is 4.65. The smallest absolute Gasteiger partial charge is 0.187 e. The molecule has 0 unspecified atom stereocenters. The van der Waals surface area contributed by atoms with Crippen molar-refractivity contribution in [1.82, 2.24) is 0 Å². The fraction of sp³-hybridized carbons (Fsp3) is 1.00. The van der Waals surface area contributed by atoms with Crippen LogP contribution in [0.15, 0.2) is 0 Å². The van der Waals surface area contributed by atoms with Crippen molar-refractivity contribution in [3.8, 4) is 0 Å². The van der Waals surface area contributed by atoms with Crippen LogP contribution in [0.25, 0.3) is 0 Å². The van der Waals surface area contributed by atoms with Crippen molar-refractivity contribution in [3.63, 3.8) is 0 Å². The summed E-state index contributed by atoms with van der Waals surface area (Å²) < 4.78 is 22.0. The highest BCUT2D eigenvalue weighted by Crippen LogP contribution is 2.31. The molecule has 15 atom stereocenters. The molecule has 15 heteroatoms. The van der Waals surface area contributed by atoms with E-state index in [2.05, 4.69) is 0 Å². The highest BCUT2D eigenvalue weighted by molar-refractivity contribution is 5.06. The molecule has 3 aliphatic rings. The molecule has 3 fully saturated rings. The van der Waals surface area contributed by atoms with E-state index in [0.29, 0.717) is 0 Å². The average molecular weight is 470 g/mol. The summed E-state index contributed by atoms with van der Waals surface area (Å²) in [5, 5.41) is 70.7. The molecular weight excluding hydrogens is 436 g/mol. The Morgan fingerprint density at radius 1 is 0.594 bits per heavy atom. The lowest BCUT2D eigenvalue weighted by atomic mass is 9.82. The summed E-state index contributed by atoms with van der Waals surface area (Å²) in [6.45, 7) is -0.751. The second-order valence-corrected chi connectivity index (χ2v) is 8.38. The Hall–Kier alpha value is -0.600. The molecule has 15 N–H and O–H groups in total. The Bertz CT molecular complexity index is 621. The molecule has 3 rings (SSSR count). The zero-order chi connectivity index (χ0) is 23.9. The molecule has 0 spiro atoms. The van der Waals surface area contributed by atoms with Crippen LogP contribution in [-0.4, -0.2) is 141 Å². The van der Waals surface area contributed by atoms with Crippen molar-refractivity contribution < 1.29 is 54.7 Å². The molecule has 0 radical (unpaired) electrons. The van der Waals surface area contributed by atoms with Gasteiger partial charge < -0.3 is 77.6 Å². The number of rotatable bonds is 6. The van der Waals surface area contributed by atoms with Gasteiger partial charge in [0.05, 0.1) is 30.8 Å². The van der Waals surface area contributed by atoms with Gasteiger partial charge in [-0.1, -0.05) is 0 Å². The second-order valence-electron chi connectivity index (χ2n) is 8.38. The molecule has 32 heavy (non-hydrogen) atoms. The highest BCUT2D eigenvalue weighted by atomic mass is 16.7. The van der Waals surface area contributed by atoms with Crippen LogP contribution in [0, 0.1) is 0 Å². The number of aliphatic hydroxyl groups excluding tert-OH is 7. The Labute approximate surface area is 183 Å². The minimum atomic E-state index is -1.60. The molecule has 2 saturated heterocycles. The molecule has 2 heterocycles. The SMILES string of the molecule is NC[C@H]1O[C@@H](O[C@H]2[C@H](N)[C@@H](O)[C@H](N)[C@H](O[C@H]3O[C@@H](CO)[C@H](O)[C@H]3O)[C@@H]2O)[C@H](N)[C@H](O)[C@H]1O. The summed E-state index contributed by atoms with van der Waals surface area (Å²) in [6.07, 6.45) is -16.6. The quantitative estimate of drug-likeness (QED) is 0.172. The van der Waals surface area contributed by atoms with Crippen molar-refractivity contribution in [2.24, 2.45) is 22.9 Å². The Morgan fingerprint density at radius 3 is 1.59 bits per heavy atom. The van der Waals surface area contributed by atoms with Crippen molar-refractivity contribution in [1.29, 1.82) is 0 Å². The molecule has 0 aromatic heterocycles. The van der Waals surface area contributed by atoms with Gasteiger partial charge in [0.2, 0.25) is 0 Å². The van der Waals surface area contributed by atoms with Gasteiger partial charge in [-0.3, -0.25) is 0 Å². The summed E-state index contributed by atoms with van der Waals surface area (Å²) in [7, 11) is 0. The van der Waals surface area contributed by atoms with Crippen molar-refractivity contribution in [2.45, 2.75) is 91.7 Å². The number of aliphatic hydroxyl groups is 7. The molecule has 15 nitrogen and oxygen atoms in total. The monoisotopic (exact) mass is 470 g/mol. The second kappa shape index (κ2) is 10.3. The van der Waals surface area contributed by atoms with Crippen LogP contribution in [0.3, 0.4) is 0 Å². The van der Waals surface area contributed by atoms with E-state index < -0.39 is 98.4 Å². The molecule has 0 aromatic carbocycles. The lowest BCUT2D eigenvalue weighted by molar-refractivity contribution is -0.303. The minimum absolute atomic E-state index is 0.158. The summed E-state index contributed by atoms with van der Waals surface area (Å²) in [5.41, 5.74) is 23.4. The van der Waals surface area contributed by atoms with Gasteiger partial charge in [0.25, 0.3) is 0 Å². The van der Waals surface area contributed by atoms with Crippen molar-refractivity contribution >= 4 is 0 Å². The average Bonchev–Trinajstić information content (AvgIpc) is 3.05. The van der Waals surface area contributed by atoms with Crippen LogP contribution >= 0.6 is 0 Å². The Morgan fingerprint density at radius 2 is 1.09 bits per heavy atom. The van der Waals surface area contributed by atoms with E-state index >= 15 is 0 Å². The van der Waals surface area contributed by atoms with Crippen LogP contribution < -0.4 is 22.9 Å². The standard InChI is InChI=1S/C17H34N4O11/c18-1-3-8(23)11(26)7(21)16(29-3)31-14-5(19)10(25)6(20)15(13(14)28)32-17-12(27)9(24)4(2-22)30-17/h3-17,22-28H,1-2,18-21H2/t3-,4+,5-,6+,7-,8+,9+,10-,11+,12-,13-,14+,15+,16+,17-/m1/s1. The first-order valence-corrected chi connectivity index (χ1v) is 10.3. The first-order valence-electron chi connectivity index (χ1n) is 10.3. The molecule has 1 aliphatic carbocycles. The van der Waals surface area contributed by atoms with Gasteiger partial charge in [-0.2, -0.15) is 0 Å². The number of nitrogens with two attached hydrogens (primary N) is 4. The van der Waals surface area contributed by atoms with E-state index in [4.69, 9.17) is 41.9 Å². The number of ether oxygens (including phenoxy) is 4. The zero-order valence-electron chi connectivity index (χ0n) is 17.1. The molecule has 0 aromatic rings. The summed E-state index contributed by atoms with van der Waals surface area (Å²) in [6, 6.07) is -3.72. The van der Waals surface area contributed by atoms with E-state index in [1.807, 2.05) is 0 Å². The number of hydrogen-bond acceptors (Lipinski definition) is 15. The molecule has 188 valence electrons. The first kappa shape index (κ1) is 26.0. The van der Waals surface area contributed by atoms with E-state index in [-0.39, 0.29) is 6.54 Å². The van der Waals surface area contributed by atoms with Gasteiger partial charge in [-0.05, 0) is 0 Å². The lowest BCUT2D eigenvalue weighted by Gasteiger charge is -2.48. The Kier molecular flexibility index (Phi) is 8.41. The maximum atomic E-state index is 10.9. The van der Waals surface area contributed by atoms with Crippen molar-refractivity contribution in [2.75, 3.05) is 13.2 Å². The van der Waals surface area contributed by atoms with Crippen molar-refractivity contribution in [3.05, 3.63) is 0 Å². The van der Waals surface area contributed by atoms with Crippen LogP contribution in [0.2, 0.25) is 0 Å². The lowest BCUT2D eigenvalue weighted by Crippen LogP contribution is -2.72. The fourth-order valence-electron chi connectivity index (χ4n) is 4.19. The van der Waals surface area contributed by atoms with Gasteiger partial charge in [0, 0.05) is 6.54 Å². The molecule has 0 amide bonds. The number of hydrogen-bond donors (Lipinski definition) is 11. The third-order valence-electron chi connectivity index (χ3n) is 6.28. The predicted octanol–water partition coefficient (Wildman–Crippen LogP) is -7.68. The first-order chi connectivity index (χ1) is 15.0. The molecule has 0 bridgehead atoms. The topological polar surface area (TPSA) is 283 Å². The predicted molar refractivity (Wildman–Crippen MR) is 103 cm³/mol. The van der Waals surface area contributed by atoms with E-state index in [1.54, 1.807) is 0 Å². The summed E-state index contributed by atoms with van der Waals surface area (Å²) in [5.74, 6) is 0. The maximum absolute atomic E-state index is 10.9. The van der Waals surface area contributed by atoms with E-state index in [9.17, 15) is 35.7 Å².